The summed E-state index contributed by atoms with van der Waals surface area (Å²) in [6.45, 7) is 5.05. The lowest BCUT2D eigenvalue weighted by Gasteiger charge is -2.05. The Hall–Kier alpha value is -0.830. The van der Waals surface area contributed by atoms with Crippen molar-refractivity contribution in [2.45, 2.75) is 20.3 Å². The van der Waals surface area contributed by atoms with E-state index in [4.69, 9.17) is 4.74 Å². The Balaban J connectivity index is 2.32. The molecule has 13 heavy (non-hydrogen) atoms. The largest absolute Gasteiger partial charge is 0.493 e. The molecule has 0 aliphatic carbocycles. The first-order valence-electron chi connectivity index (χ1n) is 4.39. The van der Waals surface area contributed by atoms with Crippen LogP contribution in [-0.2, 0) is 0 Å². The van der Waals surface area contributed by atoms with E-state index in [2.05, 4.69) is 13.8 Å². The van der Waals surface area contributed by atoms with Gasteiger partial charge in [0.15, 0.2) is 6.29 Å². The Bertz CT molecular complexity index is 266. The van der Waals surface area contributed by atoms with Crippen molar-refractivity contribution in [3.8, 4) is 5.75 Å². The van der Waals surface area contributed by atoms with Gasteiger partial charge < -0.3 is 4.74 Å². The molecule has 2 nitrogen and oxygen atoms in total. The third kappa shape index (κ3) is 3.59. The molecule has 72 valence electrons. The minimum absolute atomic E-state index is 0.657. The van der Waals surface area contributed by atoms with Crippen LogP contribution < -0.4 is 4.74 Å². The van der Waals surface area contributed by atoms with Crippen molar-refractivity contribution in [3.63, 3.8) is 0 Å². The predicted molar refractivity (Wildman–Crippen MR) is 54.7 cm³/mol. The van der Waals surface area contributed by atoms with E-state index in [0.29, 0.717) is 5.92 Å². The molecule has 0 aromatic carbocycles. The number of ether oxygens (including phenoxy) is 1. The Morgan fingerprint density at radius 3 is 2.92 bits per heavy atom. The second kappa shape index (κ2) is 5.02. The molecule has 0 N–H and O–H groups in total. The Labute approximate surface area is 82.5 Å². The molecule has 0 atom stereocenters. The number of hydrogen-bond acceptors (Lipinski definition) is 3. The van der Waals surface area contributed by atoms with Crippen molar-refractivity contribution < 1.29 is 9.53 Å². The van der Waals surface area contributed by atoms with E-state index in [1.807, 2.05) is 5.38 Å². The fraction of sp³-hybridized carbons (Fsp3) is 0.500. The molecule has 0 bridgehead atoms. The lowest BCUT2D eigenvalue weighted by atomic mass is 10.1. The molecule has 1 aromatic heterocycles. The monoisotopic (exact) mass is 198 g/mol. The summed E-state index contributed by atoms with van der Waals surface area (Å²) in [7, 11) is 0. The molecule has 0 fully saturated rings. The van der Waals surface area contributed by atoms with Crippen molar-refractivity contribution in [2.75, 3.05) is 6.61 Å². The van der Waals surface area contributed by atoms with Crippen LogP contribution in [0, 0.1) is 5.92 Å². The van der Waals surface area contributed by atoms with Crippen molar-refractivity contribution >= 4 is 17.6 Å². The van der Waals surface area contributed by atoms with Crippen molar-refractivity contribution in [1.29, 1.82) is 0 Å². The summed E-state index contributed by atoms with van der Waals surface area (Å²) >= 11 is 1.42. The van der Waals surface area contributed by atoms with E-state index >= 15 is 0 Å². The normalized spacial score (nSPS) is 10.4. The number of carbonyl (C=O) groups excluding carboxylic acids is 1. The Morgan fingerprint density at radius 2 is 2.38 bits per heavy atom. The van der Waals surface area contributed by atoms with E-state index in [1.54, 1.807) is 6.07 Å². The van der Waals surface area contributed by atoms with E-state index in [9.17, 15) is 4.79 Å². The zero-order chi connectivity index (χ0) is 9.68. The molecule has 1 rings (SSSR count). The lowest BCUT2D eigenvalue weighted by molar-refractivity contribution is 0.112. The summed E-state index contributed by atoms with van der Waals surface area (Å²) in [6.07, 6.45) is 1.90. The molecule has 0 spiro atoms. The summed E-state index contributed by atoms with van der Waals surface area (Å²) < 4.78 is 5.45. The van der Waals surface area contributed by atoms with Crippen LogP contribution in [0.2, 0.25) is 0 Å². The second-order valence-electron chi connectivity index (χ2n) is 3.33. The fourth-order valence-electron chi connectivity index (χ4n) is 0.884. The molecule has 0 radical (unpaired) electrons. The lowest BCUT2D eigenvalue weighted by Crippen LogP contribution is -2.00. The van der Waals surface area contributed by atoms with Gasteiger partial charge in [-0.2, -0.15) is 0 Å². The van der Waals surface area contributed by atoms with Crippen LogP contribution >= 0.6 is 11.3 Å². The summed E-state index contributed by atoms with van der Waals surface area (Å²) in [5.41, 5.74) is 0. The van der Waals surface area contributed by atoms with E-state index < -0.39 is 0 Å². The zero-order valence-corrected chi connectivity index (χ0v) is 8.76. The number of thiophene rings is 1. The minimum Gasteiger partial charge on any atom is -0.493 e. The van der Waals surface area contributed by atoms with Gasteiger partial charge in [0, 0.05) is 11.4 Å². The van der Waals surface area contributed by atoms with Gasteiger partial charge in [0.25, 0.3) is 0 Å². The van der Waals surface area contributed by atoms with Crippen LogP contribution in [-0.4, -0.2) is 12.9 Å². The topological polar surface area (TPSA) is 26.3 Å². The summed E-state index contributed by atoms with van der Waals surface area (Å²) in [6, 6.07) is 1.78. The molecule has 0 unspecified atom stereocenters. The smallest absolute Gasteiger partial charge is 0.160 e. The minimum atomic E-state index is 0.657. The zero-order valence-electron chi connectivity index (χ0n) is 7.95. The summed E-state index contributed by atoms with van der Waals surface area (Å²) in [5, 5.41) is 1.87. The van der Waals surface area contributed by atoms with E-state index in [0.717, 1.165) is 29.9 Å². The molecule has 0 aliphatic rings. The van der Waals surface area contributed by atoms with Gasteiger partial charge >= 0.3 is 0 Å². The number of rotatable bonds is 5. The maximum atomic E-state index is 10.4. The molecule has 0 aliphatic heterocycles. The fourth-order valence-corrected chi connectivity index (χ4v) is 1.51. The number of aldehydes is 1. The van der Waals surface area contributed by atoms with E-state index in [-0.39, 0.29) is 0 Å². The highest BCUT2D eigenvalue weighted by atomic mass is 32.1. The van der Waals surface area contributed by atoms with Gasteiger partial charge in [0.1, 0.15) is 5.75 Å². The van der Waals surface area contributed by atoms with Crippen LogP contribution in [0.25, 0.3) is 0 Å². The SMILES string of the molecule is CC(C)CCOc1csc(C=O)c1. The molecule has 3 heteroatoms. The van der Waals surface area contributed by atoms with Crippen LogP contribution in [0.3, 0.4) is 0 Å². The van der Waals surface area contributed by atoms with Crippen LogP contribution in [0.15, 0.2) is 11.4 Å². The Kier molecular flexibility index (Phi) is 3.96. The second-order valence-corrected chi connectivity index (χ2v) is 4.28. The molecule has 1 aromatic rings. The maximum absolute atomic E-state index is 10.4. The van der Waals surface area contributed by atoms with Gasteiger partial charge in [0.2, 0.25) is 0 Å². The highest BCUT2D eigenvalue weighted by Gasteiger charge is 2.00. The molecule has 0 saturated carbocycles. The van der Waals surface area contributed by atoms with Gasteiger partial charge in [-0.15, -0.1) is 11.3 Å². The molecular formula is C10H14O2S. The first kappa shape index (κ1) is 10.3. The standard InChI is InChI=1S/C10H14O2S/c1-8(2)3-4-12-9-5-10(6-11)13-7-9/h5-8H,3-4H2,1-2H3. The van der Waals surface area contributed by atoms with Gasteiger partial charge in [-0.05, 0) is 12.3 Å². The van der Waals surface area contributed by atoms with Crippen LogP contribution in [0.4, 0.5) is 0 Å². The van der Waals surface area contributed by atoms with Crippen LogP contribution in [0.1, 0.15) is 29.9 Å². The molecule has 1 heterocycles. The maximum Gasteiger partial charge on any atom is 0.160 e. The predicted octanol–water partition coefficient (Wildman–Crippen LogP) is 2.99. The van der Waals surface area contributed by atoms with Gasteiger partial charge in [-0.3, -0.25) is 4.79 Å². The van der Waals surface area contributed by atoms with Crippen molar-refractivity contribution in [1.82, 2.24) is 0 Å². The Morgan fingerprint density at radius 1 is 1.62 bits per heavy atom. The molecule has 0 saturated heterocycles. The molecular weight excluding hydrogens is 184 g/mol. The number of hydrogen-bond donors (Lipinski definition) is 0. The van der Waals surface area contributed by atoms with Gasteiger partial charge in [0.05, 0.1) is 11.5 Å². The van der Waals surface area contributed by atoms with Gasteiger partial charge in [-0.1, -0.05) is 13.8 Å². The van der Waals surface area contributed by atoms with E-state index in [1.165, 1.54) is 11.3 Å². The number of carbonyl (C=O) groups is 1. The average Bonchev–Trinajstić information content (AvgIpc) is 2.52. The third-order valence-electron chi connectivity index (χ3n) is 1.68. The van der Waals surface area contributed by atoms with Crippen molar-refractivity contribution in [2.24, 2.45) is 5.92 Å². The highest BCUT2D eigenvalue weighted by molar-refractivity contribution is 7.11. The average molecular weight is 198 g/mol. The first-order valence-corrected chi connectivity index (χ1v) is 5.27. The summed E-state index contributed by atoms with van der Waals surface area (Å²) in [4.78, 5) is 11.1. The quantitative estimate of drug-likeness (QED) is 0.680. The first-order chi connectivity index (χ1) is 6.22. The highest BCUT2D eigenvalue weighted by Crippen LogP contribution is 2.20. The third-order valence-corrected chi connectivity index (χ3v) is 2.51. The van der Waals surface area contributed by atoms with Crippen LogP contribution in [0.5, 0.6) is 5.75 Å². The summed E-state index contributed by atoms with van der Waals surface area (Å²) in [5.74, 6) is 1.47. The van der Waals surface area contributed by atoms with Crippen molar-refractivity contribution in [3.05, 3.63) is 16.3 Å². The molecule has 0 amide bonds. The van der Waals surface area contributed by atoms with Gasteiger partial charge in [-0.25, -0.2) is 0 Å².